The normalized spacial score (nSPS) is 12.6. The topological polar surface area (TPSA) is 165 Å². The van der Waals surface area contributed by atoms with Gasteiger partial charge in [-0.1, -0.05) is 39.3 Å². The average Bonchev–Trinajstić information content (AvgIpc) is 3.83. The molecule has 0 aliphatic carbocycles. The maximum atomic E-state index is 13.2. The summed E-state index contributed by atoms with van der Waals surface area (Å²) in [6, 6.07) is 6.66. The Balaban J connectivity index is 0.000000253. The molecule has 2 N–H and O–H groups in total. The summed E-state index contributed by atoms with van der Waals surface area (Å²) in [7, 11) is -2.37. The molecule has 6 aromatic rings. The molecule has 20 heteroatoms. The second-order valence-electron chi connectivity index (χ2n) is 19.6. The Hall–Kier alpha value is -4.64. The fourth-order valence-corrected chi connectivity index (χ4v) is 7.77. The fraction of sp³-hybridized carbons (Fsp3) is 0.500. The van der Waals surface area contributed by atoms with Gasteiger partial charge in [0.2, 0.25) is 0 Å². The second kappa shape index (κ2) is 19.4. The zero-order valence-corrected chi connectivity index (χ0v) is 41.3. The molecule has 0 saturated heterocycles. The van der Waals surface area contributed by atoms with Crippen molar-refractivity contribution in [3.63, 3.8) is 0 Å². The minimum Gasteiger partial charge on any atom is -0.435 e. The highest BCUT2D eigenvalue weighted by atomic mass is 79.9. The number of nitrogens with zero attached hydrogens (tertiary/aromatic N) is 8. The Morgan fingerprint density at radius 3 is 1.74 bits per heavy atom. The lowest BCUT2D eigenvalue weighted by molar-refractivity contribution is -0.0497. The number of halogens is 3. The number of aromatic nitrogens is 8. The minimum atomic E-state index is -2.91. The summed E-state index contributed by atoms with van der Waals surface area (Å²) in [6.45, 7) is 24.4. The lowest BCUT2D eigenvalue weighted by Gasteiger charge is -2.20. The standard InChI is InChI=1S/C25H32F2N6O3Si.C17H27BrN4O2Si/c1-25(2,3)31-23(34)18-14-32(15-35-9-10-37(4,5)6)22-21(18)30-20(13-28-22)33-19-8-7-17(36-24(26)27)11-16(19)12-29-33;1-17(2,3)21-16(23)12-10-22(11-24-7-8-25(4,5)6)15-14(12)20-13(18)9-19-15/h7-8,11-14,24H,9-10,15H2,1-6H3,(H,31,34);9-10H,7-8,11H2,1-6H3,(H,21,23). The molecular weight excluding hydrogens is 899 g/mol. The van der Waals surface area contributed by atoms with E-state index < -0.39 is 28.3 Å². The van der Waals surface area contributed by atoms with E-state index >= 15 is 0 Å². The van der Waals surface area contributed by atoms with Crippen molar-refractivity contribution in [2.75, 3.05) is 13.2 Å². The molecule has 336 valence electrons. The van der Waals surface area contributed by atoms with Crippen LogP contribution in [0.1, 0.15) is 62.3 Å². The zero-order chi connectivity index (χ0) is 45.8. The van der Waals surface area contributed by atoms with E-state index in [1.807, 2.05) is 46.1 Å². The lowest BCUT2D eigenvalue weighted by Crippen LogP contribution is -2.40. The van der Waals surface area contributed by atoms with Crippen LogP contribution in [0.4, 0.5) is 8.78 Å². The van der Waals surface area contributed by atoms with Gasteiger partial charge in [-0.15, -0.1) is 0 Å². The molecular formula is C42H59BrF2N10O5Si2. The molecule has 0 radical (unpaired) electrons. The van der Waals surface area contributed by atoms with Crippen molar-refractivity contribution < 1.29 is 32.6 Å². The molecule has 0 atom stereocenters. The van der Waals surface area contributed by atoms with Crippen molar-refractivity contribution >= 4 is 77.1 Å². The molecule has 5 aromatic heterocycles. The summed E-state index contributed by atoms with van der Waals surface area (Å²) in [5.74, 6) is -0.0159. The third-order valence-corrected chi connectivity index (χ3v) is 12.8. The van der Waals surface area contributed by atoms with E-state index in [2.05, 4.69) is 90.6 Å². The van der Waals surface area contributed by atoms with E-state index in [0.29, 0.717) is 74.7 Å². The molecule has 0 unspecified atom stereocenters. The number of benzene rings is 1. The van der Waals surface area contributed by atoms with Crippen molar-refractivity contribution in [2.24, 2.45) is 0 Å². The maximum absolute atomic E-state index is 13.2. The van der Waals surface area contributed by atoms with E-state index in [1.54, 1.807) is 40.1 Å². The van der Waals surface area contributed by atoms with Gasteiger partial charge in [0.25, 0.3) is 11.8 Å². The van der Waals surface area contributed by atoms with Crippen molar-refractivity contribution in [1.82, 2.24) is 49.5 Å². The predicted molar refractivity (Wildman–Crippen MR) is 247 cm³/mol. The Morgan fingerprint density at radius 2 is 1.26 bits per heavy atom. The number of hydrogen-bond acceptors (Lipinski definition) is 10. The largest absolute Gasteiger partial charge is 0.435 e. The van der Waals surface area contributed by atoms with Crippen LogP contribution in [0, 0.1) is 0 Å². The third-order valence-electron chi connectivity index (χ3n) is 8.99. The smallest absolute Gasteiger partial charge is 0.387 e. The molecule has 2 amide bonds. The van der Waals surface area contributed by atoms with Gasteiger partial charge in [0.1, 0.15) is 34.8 Å². The number of nitrogens with one attached hydrogen (secondary N) is 2. The van der Waals surface area contributed by atoms with Gasteiger partial charge >= 0.3 is 6.61 Å². The van der Waals surface area contributed by atoms with Crippen molar-refractivity contribution in [2.45, 2.75) is 124 Å². The number of hydrogen-bond donors (Lipinski definition) is 2. The highest BCUT2D eigenvalue weighted by Gasteiger charge is 2.25. The van der Waals surface area contributed by atoms with Crippen LogP contribution < -0.4 is 15.4 Å². The summed E-state index contributed by atoms with van der Waals surface area (Å²) in [5.41, 5.74) is 2.89. The molecule has 0 aliphatic heterocycles. The fourth-order valence-electron chi connectivity index (χ4n) is 5.97. The number of ether oxygens (including phenoxy) is 3. The molecule has 0 fully saturated rings. The summed E-state index contributed by atoms with van der Waals surface area (Å²) in [4.78, 5) is 44.0. The number of amides is 2. The number of fused-ring (bicyclic) bond motifs is 3. The van der Waals surface area contributed by atoms with Gasteiger partial charge in [-0.05, 0) is 87.8 Å². The van der Waals surface area contributed by atoms with Gasteiger partial charge in [0.05, 0.1) is 35.2 Å². The van der Waals surface area contributed by atoms with E-state index in [9.17, 15) is 18.4 Å². The van der Waals surface area contributed by atoms with Gasteiger partial charge in [0, 0.05) is 58.2 Å². The van der Waals surface area contributed by atoms with Gasteiger partial charge in [-0.2, -0.15) is 13.9 Å². The lowest BCUT2D eigenvalue weighted by atomic mass is 10.1. The first-order chi connectivity index (χ1) is 28.8. The molecule has 0 saturated carbocycles. The van der Waals surface area contributed by atoms with Crippen LogP contribution in [0.5, 0.6) is 5.75 Å². The summed E-state index contributed by atoms with van der Waals surface area (Å²) in [5, 5.41) is 10.9. The number of carbonyl (C=O) groups is 2. The van der Waals surface area contributed by atoms with Crippen LogP contribution in [-0.4, -0.2) is 97.7 Å². The Labute approximate surface area is 371 Å². The molecule has 0 spiro atoms. The average molecular weight is 958 g/mol. The van der Waals surface area contributed by atoms with Gasteiger partial charge < -0.3 is 34.0 Å². The van der Waals surface area contributed by atoms with E-state index in [1.165, 1.54) is 18.3 Å². The van der Waals surface area contributed by atoms with Crippen molar-refractivity contribution in [3.05, 3.63) is 64.9 Å². The summed E-state index contributed by atoms with van der Waals surface area (Å²) in [6.07, 6.45) is 8.20. The molecule has 62 heavy (non-hydrogen) atoms. The number of carbonyl (C=O) groups excluding carboxylic acids is 2. The molecule has 6 rings (SSSR count). The first-order valence-electron chi connectivity index (χ1n) is 20.4. The van der Waals surface area contributed by atoms with Crippen molar-refractivity contribution in [3.8, 4) is 11.6 Å². The monoisotopic (exact) mass is 956 g/mol. The van der Waals surface area contributed by atoms with Crippen LogP contribution in [-0.2, 0) is 22.9 Å². The molecule has 0 aliphatic rings. The zero-order valence-electron chi connectivity index (χ0n) is 37.7. The Kier molecular flexibility index (Phi) is 15.1. The van der Waals surface area contributed by atoms with Crippen LogP contribution in [0.2, 0.25) is 51.4 Å². The summed E-state index contributed by atoms with van der Waals surface area (Å²) >= 11 is 3.33. The van der Waals surface area contributed by atoms with E-state index in [-0.39, 0.29) is 29.8 Å². The summed E-state index contributed by atoms with van der Waals surface area (Å²) < 4.78 is 47.2. The molecule has 1 aromatic carbocycles. The minimum absolute atomic E-state index is 0.0379. The van der Waals surface area contributed by atoms with Gasteiger partial charge in [-0.25, -0.2) is 24.6 Å². The second-order valence-corrected chi connectivity index (χ2v) is 31.6. The van der Waals surface area contributed by atoms with Gasteiger partial charge in [-0.3, -0.25) is 9.59 Å². The SMILES string of the molecule is CC(C)(C)NC(=O)c1cn(COCC[Si](C)(C)C)c2ncc(-n3ncc4cc(OC(F)F)ccc43)nc12.CC(C)(C)NC(=O)c1cn(COCC[Si](C)(C)C)c2ncc(Br)nc12. The Bertz CT molecular complexity index is 2520. The molecule has 5 heterocycles. The first-order valence-corrected chi connectivity index (χ1v) is 28.6. The number of rotatable bonds is 15. The van der Waals surface area contributed by atoms with Crippen LogP contribution in [0.25, 0.3) is 39.0 Å². The van der Waals surface area contributed by atoms with Crippen LogP contribution >= 0.6 is 15.9 Å². The molecule has 15 nitrogen and oxygen atoms in total. The third kappa shape index (κ3) is 13.7. The Morgan fingerprint density at radius 1 is 0.758 bits per heavy atom. The van der Waals surface area contributed by atoms with E-state index in [0.717, 1.165) is 12.1 Å². The van der Waals surface area contributed by atoms with Crippen LogP contribution in [0.3, 0.4) is 0 Å². The van der Waals surface area contributed by atoms with Crippen molar-refractivity contribution in [1.29, 1.82) is 0 Å². The highest BCUT2D eigenvalue weighted by molar-refractivity contribution is 9.10. The first kappa shape index (κ1) is 48.4. The predicted octanol–water partition coefficient (Wildman–Crippen LogP) is 9.25. The molecule has 0 bridgehead atoms. The van der Waals surface area contributed by atoms with Crippen LogP contribution in [0.15, 0.2) is 53.8 Å². The van der Waals surface area contributed by atoms with Gasteiger partial charge in [0.15, 0.2) is 17.1 Å². The maximum Gasteiger partial charge on any atom is 0.387 e. The quantitative estimate of drug-likeness (QED) is 0.0749. The number of alkyl halides is 2. The highest BCUT2D eigenvalue weighted by Crippen LogP contribution is 2.26. The van der Waals surface area contributed by atoms with E-state index in [4.69, 9.17) is 14.5 Å².